The first-order valence-corrected chi connectivity index (χ1v) is 8.96. The highest BCUT2D eigenvalue weighted by atomic mass is 16.1. The zero-order valence-electron chi connectivity index (χ0n) is 13.7. The van der Waals surface area contributed by atoms with Crippen molar-refractivity contribution in [3.63, 3.8) is 0 Å². The normalized spacial score (nSPS) is 24.9. The van der Waals surface area contributed by atoms with E-state index in [1.807, 2.05) is 0 Å². The van der Waals surface area contributed by atoms with Crippen molar-refractivity contribution in [2.24, 2.45) is 5.92 Å². The molecular formula is C17H33N3O. The molecule has 2 aliphatic rings. The Balaban J connectivity index is 1.45. The molecule has 0 aromatic carbocycles. The third-order valence-electron chi connectivity index (χ3n) is 4.98. The summed E-state index contributed by atoms with van der Waals surface area (Å²) in [6, 6.07) is 0.569. The van der Waals surface area contributed by atoms with Gasteiger partial charge in [0, 0.05) is 19.0 Å². The average Bonchev–Trinajstić information content (AvgIpc) is 2.52. The molecule has 2 saturated heterocycles. The Morgan fingerprint density at radius 2 is 2.05 bits per heavy atom. The summed E-state index contributed by atoms with van der Waals surface area (Å²) >= 11 is 0. The second-order valence-corrected chi connectivity index (χ2v) is 6.91. The highest BCUT2D eigenvalue weighted by Crippen LogP contribution is 2.15. The van der Waals surface area contributed by atoms with E-state index in [1.165, 1.54) is 45.2 Å². The summed E-state index contributed by atoms with van der Waals surface area (Å²) in [7, 11) is 0. The molecule has 2 rings (SSSR count). The topological polar surface area (TPSA) is 44.4 Å². The molecule has 1 amide bonds. The molecule has 0 saturated carbocycles. The third kappa shape index (κ3) is 6.79. The number of carbonyl (C=O) groups excluding carboxylic acids is 1. The van der Waals surface area contributed by atoms with Crippen LogP contribution in [0.15, 0.2) is 0 Å². The van der Waals surface area contributed by atoms with Gasteiger partial charge in [0.05, 0.1) is 0 Å². The van der Waals surface area contributed by atoms with E-state index in [0.29, 0.717) is 12.5 Å². The predicted octanol–water partition coefficient (Wildman–Crippen LogP) is 2.15. The lowest BCUT2D eigenvalue weighted by molar-refractivity contribution is -0.121. The van der Waals surface area contributed by atoms with Crippen molar-refractivity contribution in [1.82, 2.24) is 15.5 Å². The van der Waals surface area contributed by atoms with E-state index in [0.717, 1.165) is 38.4 Å². The van der Waals surface area contributed by atoms with Gasteiger partial charge in [-0.3, -0.25) is 4.79 Å². The zero-order valence-corrected chi connectivity index (χ0v) is 13.7. The maximum Gasteiger partial charge on any atom is 0.220 e. The van der Waals surface area contributed by atoms with E-state index in [4.69, 9.17) is 0 Å². The van der Waals surface area contributed by atoms with E-state index in [9.17, 15) is 4.79 Å². The van der Waals surface area contributed by atoms with Crippen LogP contribution in [-0.4, -0.2) is 49.6 Å². The number of likely N-dealkylation sites (tertiary alicyclic amines) is 1. The molecule has 2 fully saturated rings. The summed E-state index contributed by atoms with van der Waals surface area (Å²) in [5, 5.41) is 6.58. The minimum Gasteiger partial charge on any atom is -0.356 e. The average molecular weight is 295 g/mol. The monoisotopic (exact) mass is 295 g/mol. The van der Waals surface area contributed by atoms with E-state index in [-0.39, 0.29) is 5.91 Å². The fraction of sp³-hybridized carbons (Fsp3) is 0.941. The quantitative estimate of drug-likeness (QED) is 0.707. The second-order valence-electron chi connectivity index (χ2n) is 6.91. The van der Waals surface area contributed by atoms with Crippen LogP contribution in [0.25, 0.3) is 0 Å². The molecule has 0 aliphatic carbocycles. The maximum absolute atomic E-state index is 11.8. The summed E-state index contributed by atoms with van der Waals surface area (Å²) in [5.74, 6) is 1.13. The van der Waals surface area contributed by atoms with Crippen LogP contribution in [0.3, 0.4) is 0 Å². The van der Waals surface area contributed by atoms with Crippen molar-refractivity contribution in [3.05, 3.63) is 0 Å². The summed E-state index contributed by atoms with van der Waals surface area (Å²) in [6.07, 6.45) is 9.27. The Morgan fingerprint density at radius 3 is 2.76 bits per heavy atom. The van der Waals surface area contributed by atoms with Gasteiger partial charge < -0.3 is 15.5 Å². The van der Waals surface area contributed by atoms with Gasteiger partial charge in [0.2, 0.25) is 5.91 Å². The van der Waals surface area contributed by atoms with Crippen molar-refractivity contribution in [2.75, 3.05) is 32.7 Å². The van der Waals surface area contributed by atoms with Crippen molar-refractivity contribution in [2.45, 2.75) is 64.3 Å². The lowest BCUT2D eigenvalue weighted by Gasteiger charge is -2.30. The van der Waals surface area contributed by atoms with Crippen LogP contribution in [0, 0.1) is 5.92 Å². The van der Waals surface area contributed by atoms with Crippen LogP contribution < -0.4 is 10.6 Å². The van der Waals surface area contributed by atoms with E-state index >= 15 is 0 Å². The number of amides is 1. The first kappa shape index (κ1) is 16.8. The van der Waals surface area contributed by atoms with Gasteiger partial charge in [-0.25, -0.2) is 0 Å². The number of hydrogen-bond acceptors (Lipinski definition) is 3. The van der Waals surface area contributed by atoms with Gasteiger partial charge in [-0.1, -0.05) is 13.3 Å². The van der Waals surface area contributed by atoms with Crippen LogP contribution in [0.5, 0.6) is 0 Å². The largest absolute Gasteiger partial charge is 0.356 e. The van der Waals surface area contributed by atoms with E-state index in [2.05, 4.69) is 22.5 Å². The van der Waals surface area contributed by atoms with Gasteiger partial charge in [0.25, 0.3) is 0 Å². The van der Waals surface area contributed by atoms with Gasteiger partial charge in [-0.2, -0.15) is 0 Å². The highest BCUT2D eigenvalue weighted by molar-refractivity contribution is 5.75. The van der Waals surface area contributed by atoms with Gasteiger partial charge in [-0.15, -0.1) is 0 Å². The molecular weight excluding hydrogens is 262 g/mol. The van der Waals surface area contributed by atoms with Crippen LogP contribution in [-0.2, 0) is 4.79 Å². The van der Waals surface area contributed by atoms with Gasteiger partial charge >= 0.3 is 0 Å². The fourth-order valence-corrected chi connectivity index (χ4v) is 3.38. The van der Waals surface area contributed by atoms with Gasteiger partial charge in [0.15, 0.2) is 0 Å². The number of carbonyl (C=O) groups is 1. The molecule has 2 aliphatic heterocycles. The molecule has 0 aromatic heterocycles. The number of hydrogen-bond donors (Lipinski definition) is 2. The SMILES string of the molecule is CC1CCN(CCCNC(=O)CCC2CCCCN2)CC1. The van der Waals surface area contributed by atoms with Crippen LogP contribution in [0.2, 0.25) is 0 Å². The molecule has 2 N–H and O–H groups in total. The number of nitrogens with one attached hydrogen (secondary N) is 2. The lowest BCUT2D eigenvalue weighted by Crippen LogP contribution is -2.36. The maximum atomic E-state index is 11.8. The summed E-state index contributed by atoms with van der Waals surface area (Å²) < 4.78 is 0. The Kier molecular flexibility index (Phi) is 7.51. The van der Waals surface area contributed by atoms with Crippen LogP contribution >= 0.6 is 0 Å². The molecule has 4 nitrogen and oxygen atoms in total. The Hall–Kier alpha value is -0.610. The molecule has 4 heteroatoms. The fourth-order valence-electron chi connectivity index (χ4n) is 3.38. The first-order chi connectivity index (χ1) is 10.2. The number of rotatable bonds is 7. The highest BCUT2D eigenvalue weighted by Gasteiger charge is 2.15. The Morgan fingerprint density at radius 1 is 1.24 bits per heavy atom. The lowest BCUT2D eigenvalue weighted by atomic mass is 9.99. The van der Waals surface area contributed by atoms with E-state index < -0.39 is 0 Å². The molecule has 0 spiro atoms. The molecule has 122 valence electrons. The smallest absolute Gasteiger partial charge is 0.220 e. The summed E-state index contributed by atoms with van der Waals surface area (Å²) in [6.45, 7) is 7.92. The molecule has 0 radical (unpaired) electrons. The van der Waals surface area contributed by atoms with Crippen LogP contribution in [0.1, 0.15) is 58.3 Å². The Labute approximate surface area is 130 Å². The molecule has 21 heavy (non-hydrogen) atoms. The molecule has 1 unspecified atom stereocenters. The predicted molar refractivity (Wildman–Crippen MR) is 87.3 cm³/mol. The van der Waals surface area contributed by atoms with Gasteiger partial charge in [0.1, 0.15) is 0 Å². The first-order valence-electron chi connectivity index (χ1n) is 8.96. The summed E-state index contributed by atoms with van der Waals surface area (Å²) in [4.78, 5) is 14.4. The third-order valence-corrected chi connectivity index (χ3v) is 4.98. The number of piperidine rings is 2. The summed E-state index contributed by atoms with van der Waals surface area (Å²) in [5.41, 5.74) is 0. The molecule has 0 bridgehead atoms. The van der Waals surface area contributed by atoms with Crippen molar-refractivity contribution in [3.8, 4) is 0 Å². The Bertz CT molecular complexity index is 294. The second kappa shape index (κ2) is 9.42. The van der Waals surface area contributed by atoms with Crippen LogP contribution in [0.4, 0.5) is 0 Å². The van der Waals surface area contributed by atoms with Crippen molar-refractivity contribution < 1.29 is 4.79 Å². The van der Waals surface area contributed by atoms with Gasteiger partial charge in [-0.05, 0) is 70.6 Å². The minimum atomic E-state index is 0.231. The zero-order chi connectivity index (χ0) is 14.9. The van der Waals surface area contributed by atoms with Crippen molar-refractivity contribution in [1.29, 1.82) is 0 Å². The minimum absolute atomic E-state index is 0.231. The van der Waals surface area contributed by atoms with E-state index in [1.54, 1.807) is 0 Å². The van der Waals surface area contributed by atoms with Crippen molar-refractivity contribution >= 4 is 5.91 Å². The molecule has 1 atom stereocenters. The standard InChI is InChI=1S/C17H33N3O/c1-15-8-13-20(14-9-15)12-4-11-19-17(21)7-6-16-5-2-3-10-18-16/h15-16,18H,2-14H2,1H3,(H,19,21). The molecule has 0 aromatic rings. The number of nitrogens with zero attached hydrogens (tertiary/aromatic N) is 1. The molecule has 2 heterocycles.